The number of fused-ring (bicyclic) bond motifs is 1. The number of hydrogen-bond donors (Lipinski definition) is 1. The van der Waals surface area contributed by atoms with Crippen LogP contribution in [0.5, 0.6) is 0 Å². The lowest BCUT2D eigenvalue weighted by Gasteiger charge is -2.18. The second-order valence-corrected chi connectivity index (χ2v) is 5.92. The molecule has 0 bridgehead atoms. The molecule has 0 spiro atoms. The van der Waals surface area contributed by atoms with Crippen LogP contribution in [-0.4, -0.2) is 5.11 Å². The van der Waals surface area contributed by atoms with E-state index >= 15 is 0 Å². The molecule has 0 aliphatic carbocycles. The van der Waals surface area contributed by atoms with Gasteiger partial charge in [0.15, 0.2) is 0 Å². The highest BCUT2D eigenvalue weighted by atomic mass is 35.5. The molecule has 0 amide bonds. The van der Waals surface area contributed by atoms with Gasteiger partial charge in [0.1, 0.15) is 6.10 Å². The summed E-state index contributed by atoms with van der Waals surface area (Å²) in [5.41, 5.74) is 3.92. The highest BCUT2D eigenvalue weighted by molar-refractivity contribution is 6.30. The summed E-state index contributed by atoms with van der Waals surface area (Å²) in [5, 5.41) is 13.7. The van der Waals surface area contributed by atoms with Gasteiger partial charge in [-0.3, -0.25) is 0 Å². The van der Waals surface area contributed by atoms with Gasteiger partial charge in [0.25, 0.3) is 0 Å². The van der Waals surface area contributed by atoms with Crippen molar-refractivity contribution >= 4 is 22.4 Å². The maximum Gasteiger partial charge on any atom is 0.105 e. The van der Waals surface area contributed by atoms with Crippen LogP contribution >= 0.6 is 11.6 Å². The molecule has 3 aromatic rings. The number of hydrogen-bond acceptors (Lipinski definition) is 1. The zero-order valence-corrected chi connectivity index (χ0v) is 12.9. The summed E-state index contributed by atoms with van der Waals surface area (Å²) in [6.45, 7) is 4.01. The van der Waals surface area contributed by atoms with Gasteiger partial charge in [0.05, 0.1) is 0 Å². The average Bonchev–Trinajstić information content (AvgIpc) is 2.45. The Kier molecular flexibility index (Phi) is 3.71. The second kappa shape index (κ2) is 5.51. The lowest BCUT2D eigenvalue weighted by molar-refractivity contribution is 0.221. The third-order valence-electron chi connectivity index (χ3n) is 3.84. The van der Waals surface area contributed by atoms with E-state index in [0.717, 1.165) is 33.0 Å². The van der Waals surface area contributed by atoms with Gasteiger partial charge >= 0.3 is 0 Å². The molecule has 0 saturated heterocycles. The van der Waals surface area contributed by atoms with Gasteiger partial charge in [-0.2, -0.15) is 0 Å². The fourth-order valence-corrected chi connectivity index (χ4v) is 3.15. The van der Waals surface area contributed by atoms with Crippen LogP contribution in [0, 0.1) is 13.8 Å². The van der Waals surface area contributed by atoms with Gasteiger partial charge in [-0.15, -0.1) is 0 Å². The summed E-state index contributed by atoms with van der Waals surface area (Å²) in [6, 6.07) is 18.0. The molecule has 21 heavy (non-hydrogen) atoms. The summed E-state index contributed by atoms with van der Waals surface area (Å²) < 4.78 is 0. The fourth-order valence-electron chi connectivity index (χ4n) is 2.86. The van der Waals surface area contributed by atoms with Crippen LogP contribution in [-0.2, 0) is 0 Å². The van der Waals surface area contributed by atoms with Crippen LogP contribution in [0.4, 0.5) is 0 Å². The van der Waals surface area contributed by atoms with Gasteiger partial charge in [0, 0.05) is 5.02 Å². The van der Waals surface area contributed by atoms with Gasteiger partial charge in [0.2, 0.25) is 0 Å². The molecule has 1 N–H and O–H groups in total. The minimum Gasteiger partial charge on any atom is -0.384 e. The predicted octanol–water partition coefficient (Wildman–Crippen LogP) is 5.19. The van der Waals surface area contributed by atoms with Gasteiger partial charge < -0.3 is 5.11 Å². The first-order valence-corrected chi connectivity index (χ1v) is 7.37. The van der Waals surface area contributed by atoms with Crippen molar-refractivity contribution in [3.63, 3.8) is 0 Å². The molecule has 3 rings (SSSR count). The van der Waals surface area contributed by atoms with E-state index in [-0.39, 0.29) is 0 Å². The molecule has 0 radical (unpaired) electrons. The third-order valence-corrected chi connectivity index (χ3v) is 4.06. The summed E-state index contributed by atoms with van der Waals surface area (Å²) >= 11 is 6.13. The topological polar surface area (TPSA) is 20.2 Å². The maximum absolute atomic E-state index is 10.9. The largest absolute Gasteiger partial charge is 0.384 e. The Labute approximate surface area is 129 Å². The normalized spacial score (nSPS) is 12.6. The first-order valence-electron chi connectivity index (χ1n) is 6.99. The fraction of sp³-hybridized carbons (Fsp3) is 0.158. The SMILES string of the molecule is Cc1cc(Cl)cc(C(O)c2c(C)ccc3ccccc23)c1. The Morgan fingerprint density at radius 3 is 2.48 bits per heavy atom. The highest BCUT2D eigenvalue weighted by Gasteiger charge is 2.16. The number of aryl methyl sites for hydroxylation is 2. The van der Waals surface area contributed by atoms with Crippen molar-refractivity contribution in [2.75, 3.05) is 0 Å². The number of halogens is 1. The summed E-state index contributed by atoms with van der Waals surface area (Å²) in [4.78, 5) is 0. The average molecular weight is 297 g/mol. The molecule has 0 aliphatic rings. The summed E-state index contributed by atoms with van der Waals surface area (Å²) in [7, 11) is 0. The third kappa shape index (κ3) is 2.67. The van der Waals surface area contributed by atoms with Crippen molar-refractivity contribution in [1.82, 2.24) is 0 Å². The van der Waals surface area contributed by atoms with Gasteiger partial charge in [-0.1, -0.05) is 54.1 Å². The van der Waals surface area contributed by atoms with Crippen molar-refractivity contribution in [2.24, 2.45) is 0 Å². The Bertz CT molecular complexity index is 788. The minimum absolute atomic E-state index is 0.655. The first-order chi connectivity index (χ1) is 10.1. The summed E-state index contributed by atoms with van der Waals surface area (Å²) in [6.07, 6.45) is -0.673. The summed E-state index contributed by atoms with van der Waals surface area (Å²) in [5.74, 6) is 0. The van der Waals surface area contributed by atoms with Crippen molar-refractivity contribution in [3.8, 4) is 0 Å². The Morgan fingerprint density at radius 1 is 0.952 bits per heavy atom. The van der Waals surface area contributed by atoms with E-state index in [4.69, 9.17) is 11.6 Å². The van der Waals surface area contributed by atoms with E-state index in [0.29, 0.717) is 5.02 Å². The minimum atomic E-state index is -0.673. The van der Waals surface area contributed by atoms with Crippen LogP contribution in [0.15, 0.2) is 54.6 Å². The van der Waals surface area contributed by atoms with Gasteiger partial charge in [-0.05, 0) is 59.0 Å². The monoisotopic (exact) mass is 296 g/mol. The van der Waals surface area contributed by atoms with Gasteiger partial charge in [-0.25, -0.2) is 0 Å². The van der Waals surface area contributed by atoms with Crippen LogP contribution < -0.4 is 0 Å². The van der Waals surface area contributed by atoms with Crippen molar-refractivity contribution in [3.05, 3.63) is 81.9 Å². The molecule has 0 saturated carbocycles. The number of benzene rings is 3. The molecule has 0 aliphatic heterocycles. The van der Waals surface area contributed by atoms with E-state index in [2.05, 4.69) is 24.3 Å². The smallest absolute Gasteiger partial charge is 0.105 e. The predicted molar refractivity (Wildman–Crippen MR) is 88.9 cm³/mol. The molecule has 1 unspecified atom stereocenters. The molecule has 3 aromatic carbocycles. The number of aliphatic hydroxyl groups is 1. The highest BCUT2D eigenvalue weighted by Crippen LogP contribution is 2.33. The second-order valence-electron chi connectivity index (χ2n) is 5.48. The van der Waals surface area contributed by atoms with E-state index in [1.54, 1.807) is 0 Å². The number of aliphatic hydroxyl groups excluding tert-OH is 1. The maximum atomic E-state index is 10.9. The Hall–Kier alpha value is -1.83. The zero-order valence-electron chi connectivity index (χ0n) is 12.1. The Balaban J connectivity index is 2.21. The van der Waals surface area contributed by atoms with E-state index < -0.39 is 6.10 Å². The van der Waals surface area contributed by atoms with E-state index in [1.807, 2.05) is 44.2 Å². The Morgan fingerprint density at radius 2 is 1.71 bits per heavy atom. The molecular weight excluding hydrogens is 280 g/mol. The van der Waals surface area contributed by atoms with E-state index in [9.17, 15) is 5.11 Å². The van der Waals surface area contributed by atoms with Crippen LogP contribution in [0.1, 0.15) is 28.4 Å². The standard InChI is InChI=1S/C19H17ClO/c1-12-9-15(11-16(20)10-12)19(21)18-13(2)7-8-14-5-3-4-6-17(14)18/h3-11,19,21H,1-2H3. The molecule has 0 fully saturated rings. The van der Waals surface area contributed by atoms with Crippen molar-refractivity contribution < 1.29 is 5.11 Å². The lowest BCUT2D eigenvalue weighted by atomic mass is 9.91. The van der Waals surface area contributed by atoms with E-state index in [1.165, 1.54) is 0 Å². The van der Waals surface area contributed by atoms with Crippen LogP contribution in [0.2, 0.25) is 5.02 Å². The lowest BCUT2D eigenvalue weighted by Crippen LogP contribution is -2.03. The molecule has 106 valence electrons. The molecule has 1 nitrogen and oxygen atoms in total. The molecule has 1 atom stereocenters. The number of rotatable bonds is 2. The van der Waals surface area contributed by atoms with Crippen LogP contribution in [0.25, 0.3) is 10.8 Å². The van der Waals surface area contributed by atoms with Crippen molar-refractivity contribution in [1.29, 1.82) is 0 Å². The molecule has 2 heteroatoms. The quantitative estimate of drug-likeness (QED) is 0.690. The first kappa shape index (κ1) is 14.1. The van der Waals surface area contributed by atoms with Crippen LogP contribution in [0.3, 0.4) is 0 Å². The van der Waals surface area contributed by atoms with Crippen molar-refractivity contribution in [2.45, 2.75) is 20.0 Å². The molecule has 0 aromatic heterocycles. The molecular formula is C19H17ClO. The zero-order chi connectivity index (χ0) is 15.0. The molecule has 0 heterocycles.